The summed E-state index contributed by atoms with van der Waals surface area (Å²) in [7, 11) is 0. The van der Waals surface area contributed by atoms with Crippen LogP contribution < -0.4 is 0 Å². The minimum atomic E-state index is -0.519. The number of carbonyl (C=O) groups is 1. The number of aromatic nitrogens is 2. The van der Waals surface area contributed by atoms with E-state index < -0.39 is 11.6 Å². The van der Waals surface area contributed by atoms with Crippen molar-refractivity contribution in [2.45, 2.75) is 44.4 Å². The number of benzene rings is 3. The molecule has 3 aromatic carbocycles. The van der Waals surface area contributed by atoms with Crippen LogP contribution in [0.1, 0.15) is 42.0 Å². The lowest BCUT2D eigenvalue weighted by Gasteiger charge is -2.48. The molecular weight excluding hydrogens is 498 g/mol. The Bertz CT molecular complexity index is 1300. The third-order valence-electron chi connectivity index (χ3n) is 7.67. The second-order valence-electron chi connectivity index (χ2n) is 10.2. The number of hydrogen-bond acceptors (Lipinski definition) is 5. The molecule has 1 fully saturated rings. The van der Waals surface area contributed by atoms with Gasteiger partial charge in [0, 0.05) is 25.7 Å². The first-order chi connectivity index (χ1) is 19.6. The number of nitrogens with zero attached hydrogens (tertiary/aromatic N) is 3. The van der Waals surface area contributed by atoms with E-state index in [-0.39, 0.29) is 5.97 Å². The van der Waals surface area contributed by atoms with Gasteiger partial charge in [-0.3, -0.25) is 14.4 Å². The van der Waals surface area contributed by atoms with E-state index in [0.717, 1.165) is 17.7 Å². The van der Waals surface area contributed by atoms with Crippen LogP contribution in [0, 0.1) is 0 Å². The second-order valence-corrected chi connectivity index (χ2v) is 10.2. The van der Waals surface area contributed by atoms with E-state index in [0.29, 0.717) is 39.0 Å². The van der Waals surface area contributed by atoms with Crippen LogP contribution in [0.5, 0.6) is 0 Å². The van der Waals surface area contributed by atoms with E-state index in [1.54, 1.807) is 6.20 Å². The Morgan fingerprint density at radius 3 is 2.10 bits per heavy atom. The topological polar surface area (TPSA) is 67.6 Å². The molecule has 0 aliphatic carbocycles. The highest BCUT2D eigenvalue weighted by Gasteiger charge is 2.44. The van der Waals surface area contributed by atoms with Crippen LogP contribution in [0.2, 0.25) is 0 Å². The maximum atomic E-state index is 11.7. The van der Waals surface area contributed by atoms with E-state index in [1.807, 2.05) is 17.8 Å². The molecule has 1 aliphatic rings. The Morgan fingerprint density at radius 1 is 0.975 bits per heavy atom. The van der Waals surface area contributed by atoms with Crippen LogP contribution in [0.15, 0.2) is 115 Å². The molecule has 4 aromatic rings. The Hall–Kier alpha value is -4.00. The van der Waals surface area contributed by atoms with Crippen molar-refractivity contribution in [2.75, 3.05) is 19.7 Å². The second kappa shape index (κ2) is 12.9. The van der Waals surface area contributed by atoms with E-state index in [2.05, 4.69) is 107 Å². The first-order valence-electron chi connectivity index (χ1n) is 14.1. The van der Waals surface area contributed by atoms with E-state index in [9.17, 15) is 9.90 Å². The van der Waals surface area contributed by atoms with Crippen molar-refractivity contribution in [3.63, 3.8) is 0 Å². The van der Waals surface area contributed by atoms with Gasteiger partial charge in [-0.15, -0.1) is 0 Å². The van der Waals surface area contributed by atoms with Gasteiger partial charge in [0.2, 0.25) is 0 Å². The third-order valence-corrected chi connectivity index (χ3v) is 7.67. The number of aryl methyl sites for hydroxylation is 1. The number of likely N-dealkylation sites (tertiary alicyclic amines) is 1. The number of hydrogen-bond donors (Lipinski definition) is 1. The zero-order valence-electron chi connectivity index (χ0n) is 23.0. The normalized spacial score (nSPS) is 17.1. The van der Waals surface area contributed by atoms with Gasteiger partial charge in [0.15, 0.2) is 0 Å². The highest BCUT2D eigenvalue weighted by atomic mass is 16.5. The maximum Gasteiger partial charge on any atom is 0.306 e. The Kier molecular flexibility index (Phi) is 8.89. The number of esters is 1. The zero-order valence-corrected chi connectivity index (χ0v) is 23.0. The molecule has 6 heteroatoms. The molecule has 5 rings (SSSR count). The highest BCUT2D eigenvalue weighted by Crippen LogP contribution is 2.44. The van der Waals surface area contributed by atoms with Gasteiger partial charge >= 0.3 is 5.97 Å². The van der Waals surface area contributed by atoms with Gasteiger partial charge in [-0.2, -0.15) is 5.10 Å². The van der Waals surface area contributed by atoms with Gasteiger partial charge in [0.05, 0.1) is 31.0 Å². The van der Waals surface area contributed by atoms with Gasteiger partial charge in [-0.25, -0.2) is 0 Å². The molecule has 6 nitrogen and oxygen atoms in total. The average molecular weight is 536 g/mol. The van der Waals surface area contributed by atoms with E-state index in [4.69, 9.17) is 4.74 Å². The summed E-state index contributed by atoms with van der Waals surface area (Å²) < 4.78 is 6.89. The largest absolute Gasteiger partial charge is 0.466 e. The summed E-state index contributed by atoms with van der Waals surface area (Å²) >= 11 is 0. The van der Waals surface area contributed by atoms with Crippen LogP contribution in [0.25, 0.3) is 0 Å². The fourth-order valence-electron chi connectivity index (χ4n) is 5.77. The lowest BCUT2D eigenvalue weighted by Crippen LogP contribution is -2.53. The fourth-order valence-corrected chi connectivity index (χ4v) is 5.77. The quantitative estimate of drug-likeness (QED) is 0.168. The minimum absolute atomic E-state index is 0.193. The Morgan fingerprint density at radius 2 is 1.55 bits per heavy atom. The highest BCUT2D eigenvalue weighted by molar-refractivity contribution is 5.69. The molecular formula is C34H37N3O3. The van der Waals surface area contributed by atoms with Crippen LogP contribution in [-0.4, -0.2) is 51.6 Å². The van der Waals surface area contributed by atoms with Gasteiger partial charge in [-0.05, 0) is 47.6 Å². The fraction of sp³-hybridized carbons (Fsp3) is 0.294. The molecule has 0 bridgehead atoms. The molecule has 1 atom stereocenters. The number of allylic oxidation sites excluding steroid dienone is 1. The number of carbonyl (C=O) groups excluding carboxylic acids is 1. The number of ether oxygens (including phenoxy) is 1. The van der Waals surface area contributed by atoms with Crippen LogP contribution in [0.4, 0.5) is 0 Å². The SMILES string of the molecule is CCOC(=O)CCc1cnn(C/C=C2\CN(C(c3ccccc3)(c3ccccc3)c3ccccc3)CCC2O)c1. The van der Waals surface area contributed by atoms with Crippen molar-refractivity contribution < 1.29 is 14.6 Å². The zero-order chi connectivity index (χ0) is 27.8. The molecule has 1 N–H and O–H groups in total. The predicted molar refractivity (Wildman–Crippen MR) is 157 cm³/mol. The summed E-state index contributed by atoms with van der Waals surface area (Å²) in [5.74, 6) is -0.193. The number of aliphatic hydroxyl groups excluding tert-OH is 1. The average Bonchev–Trinajstić information content (AvgIpc) is 3.46. The molecule has 40 heavy (non-hydrogen) atoms. The Labute approximate surface area is 236 Å². The molecule has 0 amide bonds. The van der Waals surface area contributed by atoms with Crippen molar-refractivity contribution in [3.8, 4) is 0 Å². The first-order valence-corrected chi connectivity index (χ1v) is 14.1. The Balaban J connectivity index is 1.45. The van der Waals surface area contributed by atoms with Crippen LogP contribution in [-0.2, 0) is 28.0 Å². The van der Waals surface area contributed by atoms with Gasteiger partial charge in [0.25, 0.3) is 0 Å². The van der Waals surface area contributed by atoms with Gasteiger partial charge in [-0.1, -0.05) is 97.1 Å². The molecule has 0 radical (unpaired) electrons. The van der Waals surface area contributed by atoms with E-state index >= 15 is 0 Å². The van der Waals surface area contributed by atoms with Crippen molar-refractivity contribution in [2.24, 2.45) is 0 Å². The molecule has 0 saturated carbocycles. The molecule has 2 heterocycles. The van der Waals surface area contributed by atoms with Crippen molar-refractivity contribution in [1.29, 1.82) is 0 Å². The molecule has 1 saturated heterocycles. The first kappa shape index (κ1) is 27.6. The number of aliphatic hydroxyl groups is 1. The lowest BCUT2D eigenvalue weighted by atomic mass is 9.74. The summed E-state index contributed by atoms with van der Waals surface area (Å²) in [6.07, 6.45) is 6.94. The summed E-state index contributed by atoms with van der Waals surface area (Å²) in [5, 5.41) is 15.6. The summed E-state index contributed by atoms with van der Waals surface area (Å²) in [5.41, 5.74) is 5.05. The maximum absolute atomic E-state index is 11.7. The summed E-state index contributed by atoms with van der Waals surface area (Å²) in [6, 6.07) is 32.0. The molecule has 1 aromatic heterocycles. The van der Waals surface area contributed by atoms with Crippen molar-refractivity contribution in [3.05, 3.63) is 137 Å². The molecule has 1 aliphatic heterocycles. The number of piperidine rings is 1. The molecule has 0 spiro atoms. The standard InChI is InChI=1S/C34H37N3O3/c1-2-40-33(39)19-18-27-24-35-37(25-27)23-20-28-26-36(22-21-32(28)38)34(29-12-6-3-7-13-29,30-14-8-4-9-15-30)31-16-10-5-11-17-31/h3-17,20,24-25,32,38H,2,18-19,21-23,26H2,1H3/b28-20+. The van der Waals surface area contributed by atoms with Crippen LogP contribution >= 0.6 is 0 Å². The summed E-state index contributed by atoms with van der Waals surface area (Å²) in [6.45, 7) is 4.13. The van der Waals surface area contributed by atoms with Crippen molar-refractivity contribution in [1.82, 2.24) is 14.7 Å². The van der Waals surface area contributed by atoms with Gasteiger partial charge in [0.1, 0.15) is 0 Å². The smallest absolute Gasteiger partial charge is 0.306 e. The molecule has 1 unspecified atom stereocenters. The molecule has 206 valence electrons. The van der Waals surface area contributed by atoms with Crippen molar-refractivity contribution >= 4 is 5.97 Å². The summed E-state index contributed by atoms with van der Waals surface area (Å²) in [4.78, 5) is 14.2. The van der Waals surface area contributed by atoms with Crippen LogP contribution in [0.3, 0.4) is 0 Å². The predicted octanol–water partition coefficient (Wildman–Crippen LogP) is 5.36. The number of rotatable bonds is 10. The minimum Gasteiger partial charge on any atom is -0.466 e. The monoisotopic (exact) mass is 535 g/mol. The third kappa shape index (κ3) is 5.93. The van der Waals surface area contributed by atoms with E-state index in [1.165, 1.54) is 16.7 Å². The lowest BCUT2D eigenvalue weighted by molar-refractivity contribution is -0.143. The van der Waals surface area contributed by atoms with Gasteiger partial charge < -0.3 is 9.84 Å².